The number of benzene rings is 1. The van der Waals surface area contributed by atoms with Gasteiger partial charge in [0.1, 0.15) is 0 Å². The average molecular weight is 268 g/mol. The number of urea groups is 1. The number of rotatable bonds is 2. The van der Waals surface area contributed by atoms with Crippen molar-refractivity contribution in [1.29, 1.82) is 0 Å². The van der Waals surface area contributed by atoms with Gasteiger partial charge in [-0.15, -0.1) is 0 Å². The molecule has 2 amide bonds. The van der Waals surface area contributed by atoms with Gasteiger partial charge >= 0.3 is 6.03 Å². The molecule has 0 unspecified atom stereocenters. The number of carboxylic acids is 1. The van der Waals surface area contributed by atoms with Crippen molar-refractivity contribution in [2.45, 2.75) is 18.9 Å². The third-order valence-corrected chi connectivity index (χ3v) is 3.10. The van der Waals surface area contributed by atoms with E-state index in [1.165, 1.54) is 4.90 Å². The van der Waals surface area contributed by atoms with Crippen LogP contribution in [0.4, 0.5) is 10.5 Å². The van der Waals surface area contributed by atoms with E-state index in [-0.39, 0.29) is 0 Å². The average Bonchev–Trinajstić information content (AvgIpc) is 2.77. The molecule has 1 saturated heterocycles. The van der Waals surface area contributed by atoms with Gasteiger partial charge in [-0.3, -0.25) is 0 Å². The van der Waals surface area contributed by atoms with Crippen LogP contribution in [0.5, 0.6) is 0 Å². The largest absolute Gasteiger partial charge is 0.548 e. The molecule has 0 spiro atoms. The molecule has 1 N–H and O–H groups in total. The Balaban J connectivity index is 2.06. The summed E-state index contributed by atoms with van der Waals surface area (Å²) in [5.41, 5.74) is 0.538. The maximum atomic E-state index is 11.9. The van der Waals surface area contributed by atoms with Crippen LogP contribution in [0.15, 0.2) is 24.3 Å². The van der Waals surface area contributed by atoms with E-state index in [9.17, 15) is 14.7 Å². The molecule has 6 heteroatoms. The van der Waals surface area contributed by atoms with Gasteiger partial charge in [0, 0.05) is 17.3 Å². The molecular formula is C12H12ClN2O3-. The van der Waals surface area contributed by atoms with Gasteiger partial charge < -0.3 is 20.1 Å². The van der Waals surface area contributed by atoms with E-state index in [2.05, 4.69) is 5.32 Å². The molecule has 0 radical (unpaired) electrons. The van der Waals surface area contributed by atoms with Crippen LogP contribution in [0.1, 0.15) is 12.8 Å². The standard InChI is InChI=1S/C12H13ClN2O3/c13-8-3-1-4-9(7-8)14-12(18)15-6-2-5-10(15)11(16)17/h1,3-4,7,10H,2,5-6H2,(H,14,18)(H,16,17)/p-1/t10-/m0/s1. The molecule has 1 aliphatic heterocycles. The predicted molar refractivity (Wildman–Crippen MR) is 65.2 cm³/mol. The minimum Gasteiger partial charge on any atom is -0.548 e. The van der Waals surface area contributed by atoms with E-state index in [0.717, 1.165) is 0 Å². The summed E-state index contributed by atoms with van der Waals surface area (Å²) in [7, 11) is 0. The van der Waals surface area contributed by atoms with Crippen LogP contribution < -0.4 is 10.4 Å². The Morgan fingerprint density at radius 3 is 2.89 bits per heavy atom. The van der Waals surface area contributed by atoms with E-state index < -0.39 is 18.0 Å². The molecule has 0 bridgehead atoms. The second kappa shape index (κ2) is 5.27. The number of amides is 2. The zero-order chi connectivity index (χ0) is 13.1. The SMILES string of the molecule is O=C([O-])[C@@H]1CCCN1C(=O)Nc1cccc(Cl)c1. The van der Waals surface area contributed by atoms with E-state index in [4.69, 9.17) is 11.6 Å². The number of anilines is 1. The number of aliphatic carboxylic acids is 1. The van der Waals surface area contributed by atoms with Crippen LogP contribution in [0, 0.1) is 0 Å². The summed E-state index contributed by atoms with van der Waals surface area (Å²) in [5.74, 6) is -1.21. The summed E-state index contributed by atoms with van der Waals surface area (Å²) in [6, 6.07) is 5.40. The first-order valence-corrected chi connectivity index (χ1v) is 6.00. The molecule has 1 aliphatic rings. The van der Waals surface area contributed by atoms with Gasteiger partial charge in [0.05, 0.1) is 12.0 Å². The van der Waals surface area contributed by atoms with Crippen molar-refractivity contribution in [2.24, 2.45) is 0 Å². The summed E-state index contributed by atoms with van der Waals surface area (Å²) < 4.78 is 0. The number of carboxylic acid groups (broad SMARTS) is 1. The summed E-state index contributed by atoms with van der Waals surface area (Å²) in [6.07, 6.45) is 1.10. The minimum atomic E-state index is -1.21. The van der Waals surface area contributed by atoms with Crippen molar-refractivity contribution in [3.8, 4) is 0 Å². The van der Waals surface area contributed by atoms with Crippen molar-refractivity contribution >= 4 is 29.3 Å². The maximum absolute atomic E-state index is 11.9. The van der Waals surface area contributed by atoms with E-state index in [0.29, 0.717) is 30.1 Å². The highest BCUT2D eigenvalue weighted by Crippen LogP contribution is 2.20. The zero-order valence-corrected chi connectivity index (χ0v) is 10.3. The number of hydrogen-bond donors (Lipinski definition) is 1. The summed E-state index contributed by atoms with van der Waals surface area (Å²) in [5, 5.41) is 14.0. The quantitative estimate of drug-likeness (QED) is 0.872. The van der Waals surface area contributed by atoms with Gasteiger partial charge in [-0.1, -0.05) is 17.7 Å². The number of likely N-dealkylation sites (tertiary alicyclic amines) is 1. The highest BCUT2D eigenvalue weighted by Gasteiger charge is 2.29. The molecule has 1 atom stereocenters. The van der Waals surface area contributed by atoms with Crippen molar-refractivity contribution in [3.63, 3.8) is 0 Å². The molecule has 1 fully saturated rings. The Morgan fingerprint density at radius 1 is 1.44 bits per heavy atom. The lowest BCUT2D eigenvalue weighted by molar-refractivity contribution is -0.310. The van der Waals surface area contributed by atoms with Gasteiger partial charge in [0.15, 0.2) is 0 Å². The van der Waals surface area contributed by atoms with Crippen molar-refractivity contribution in [2.75, 3.05) is 11.9 Å². The number of halogens is 1. The number of hydrogen-bond acceptors (Lipinski definition) is 3. The monoisotopic (exact) mass is 267 g/mol. The van der Waals surface area contributed by atoms with Crippen LogP contribution in [0.2, 0.25) is 5.02 Å². The highest BCUT2D eigenvalue weighted by atomic mass is 35.5. The smallest absolute Gasteiger partial charge is 0.322 e. The van der Waals surface area contributed by atoms with Crippen LogP contribution in [0.25, 0.3) is 0 Å². The first-order valence-electron chi connectivity index (χ1n) is 5.62. The topological polar surface area (TPSA) is 72.5 Å². The number of carbonyl (C=O) groups is 2. The third-order valence-electron chi connectivity index (χ3n) is 2.86. The van der Waals surface area contributed by atoms with Gasteiger partial charge in [0.25, 0.3) is 0 Å². The Morgan fingerprint density at radius 2 is 2.22 bits per heavy atom. The minimum absolute atomic E-state index is 0.422. The maximum Gasteiger partial charge on any atom is 0.322 e. The summed E-state index contributed by atoms with van der Waals surface area (Å²) >= 11 is 5.80. The fourth-order valence-electron chi connectivity index (χ4n) is 2.02. The number of carbonyl (C=O) groups excluding carboxylic acids is 2. The van der Waals surface area contributed by atoms with Crippen LogP contribution in [-0.4, -0.2) is 29.5 Å². The van der Waals surface area contributed by atoms with Gasteiger partial charge in [-0.2, -0.15) is 0 Å². The van der Waals surface area contributed by atoms with Gasteiger partial charge in [-0.25, -0.2) is 4.79 Å². The molecule has 5 nitrogen and oxygen atoms in total. The Bertz CT molecular complexity index is 478. The van der Waals surface area contributed by atoms with Crippen molar-refractivity contribution in [1.82, 2.24) is 4.90 Å². The third kappa shape index (κ3) is 2.73. The molecule has 0 aliphatic carbocycles. The fourth-order valence-corrected chi connectivity index (χ4v) is 2.21. The first kappa shape index (κ1) is 12.7. The molecule has 0 aromatic heterocycles. The lowest BCUT2D eigenvalue weighted by Crippen LogP contribution is -2.48. The van der Waals surface area contributed by atoms with Crippen molar-refractivity contribution < 1.29 is 14.7 Å². The molecule has 1 aromatic rings. The van der Waals surface area contributed by atoms with Gasteiger partial charge in [0.2, 0.25) is 0 Å². The van der Waals surface area contributed by atoms with Crippen molar-refractivity contribution in [3.05, 3.63) is 29.3 Å². The Labute approximate surface area is 109 Å². The number of nitrogens with one attached hydrogen (secondary N) is 1. The van der Waals surface area contributed by atoms with E-state index >= 15 is 0 Å². The molecule has 2 rings (SSSR count). The summed E-state index contributed by atoms with van der Waals surface area (Å²) in [4.78, 5) is 24.1. The molecule has 96 valence electrons. The van der Waals surface area contributed by atoms with Crippen LogP contribution >= 0.6 is 11.6 Å². The molecular weight excluding hydrogens is 256 g/mol. The second-order valence-electron chi connectivity index (χ2n) is 4.11. The summed E-state index contributed by atoms with van der Waals surface area (Å²) in [6.45, 7) is 0.422. The van der Waals surface area contributed by atoms with Gasteiger partial charge in [-0.05, 0) is 31.0 Å². The molecule has 18 heavy (non-hydrogen) atoms. The fraction of sp³-hybridized carbons (Fsp3) is 0.333. The highest BCUT2D eigenvalue weighted by molar-refractivity contribution is 6.30. The Hall–Kier alpha value is -1.75. The first-order chi connectivity index (χ1) is 8.58. The van der Waals surface area contributed by atoms with E-state index in [1.54, 1.807) is 24.3 Å². The predicted octanol–water partition coefficient (Wildman–Crippen LogP) is 1.09. The lowest BCUT2D eigenvalue weighted by atomic mass is 10.2. The van der Waals surface area contributed by atoms with Crippen LogP contribution in [0.3, 0.4) is 0 Å². The zero-order valence-electron chi connectivity index (χ0n) is 9.56. The molecule has 0 saturated carbocycles. The number of nitrogens with zero attached hydrogens (tertiary/aromatic N) is 1. The lowest BCUT2D eigenvalue weighted by Gasteiger charge is -2.25. The van der Waals surface area contributed by atoms with E-state index in [1.807, 2.05) is 0 Å². The second-order valence-corrected chi connectivity index (χ2v) is 4.55. The van der Waals surface area contributed by atoms with Crippen LogP contribution in [-0.2, 0) is 4.79 Å². The Kier molecular flexibility index (Phi) is 3.72. The molecule has 1 aromatic carbocycles. The normalized spacial score (nSPS) is 18.7. The molecule has 1 heterocycles.